The number of imidazole rings is 2. The third-order valence-electron chi connectivity index (χ3n) is 4.19. The first-order valence-electron chi connectivity index (χ1n) is 8.25. The van der Waals surface area contributed by atoms with Gasteiger partial charge in [0.2, 0.25) is 0 Å². The van der Waals surface area contributed by atoms with E-state index in [1.165, 1.54) is 12.1 Å². The van der Waals surface area contributed by atoms with E-state index in [-0.39, 0.29) is 5.82 Å². The standard InChI is InChI=1S/C19H18FN5/c1-3-25-17(23-16-8-5-9-21-19(16)25)12-24-11-13(2)22-18(24)14-6-4-7-15(20)10-14/h4-11H,3,12H2,1-2H3. The number of hydrogen-bond acceptors (Lipinski definition) is 3. The Balaban J connectivity index is 1.80. The molecule has 0 aliphatic carbocycles. The fraction of sp³-hybridized carbons (Fsp3) is 0.211. The minimum atomic E-state index is -0.269. The molecule has 0 saturated heterocycles. The highest BCUT2D eigenvalue weighted by Gasteiger charge is 2.14. The fourth-order valence-corrected chi connectivity index (χ4v) is 3.14. The second-order valence-corrected chi connectivity index (χ2v) is 5.96. The van der Waals surface area contributed by atoms with Crippen LogP contribution in [0.3, 0.4) is 0 Å². The molecule has 3 aromatic heterocycles. The molecule has 0 spiro atoms. The van der Waals surface area contributed by atoms with E-state index in [4.69, 9.17) is 4.98 Å². The van der Waals surface area contributed by atoms with E-state index in [9.17, 15) is 4.39 Å². The summed E-state index contributed by atoms with van der Waals surface area (Å²) in [5, 5.41) is 0. The van der Waals surface area contributed by atoms with Crippen LogP contribution in [0.5, 0.6) is 0 Å². The average molecular weight is 335 g/mol. The van der Waals surface area contributed by atoms with Crippen molar-refractivity contribution in [2.45, 2.75) is 26.9 Å². The minimum absolute atomic E-state index is 0.269. The van der Waals surface area contributed by atoms with Crippen molar-refractivity contribution in [1.82, 2.24) is 24.1 Å². The Morgan fingerprint density at radius 1 is 1.12 bits per heavy atom. The molecule has 0 fully saturated rings. The highest BCUT2D eigenvalue weighted by molar-refractivity contribution is 5.71. The molecule has 4 rings (SSSR count). The summed E-state index contributed by atoms with van der Waals surface area (Å²) in [6, 6.07) is 10.4. The van der Waals surface area contributed by atoms with Crippen LogP contribution in [-0.2, 0) is 13.1 Å². The van der Waals surface area contributed by atoms with Crippen molar-refractivity contribution in [3.8, 4) is 11.4 Å². The molecule has 1 aromatic carbocycles. The van der Waals surface area contributed by atoms with E-state index < -0.39 is 0 Å². The lowest BCUT2D eigenvalue weighted by molar-refractivity contribution is 0.627. The van der Waals surface area contributed by atoms with Crippen LogP contribution in [0.25, 0.3) is 22.6 Å². The Morgan fingerprint density at radius 3 is 2.80 bits per heavy atom. The molecule has 4 aromatic rings. The van der Waals surface area contributed by atoms with Crippen LogP contribution < -0.4 is 0 Å². The number of nitrogens with zero attached hydrogens (tertiary/aromatic N) is 5. The molecular weight excluding hydrogens is 317 g/mol. The summed E-state index contributed by atoms with van der Waals surface area (Å²) in [7, 11) is 0. The van der Waals surface area contributed by atoms with Gasteiger partial charge in [-0.3, -0.25) is 0 Å². The lowest BCUT2D eigenvalue weighted by Crippen LogP contribution is -2.09. The van der Waals surface area contributed by atoms with Crippen molar-refractivity contribution in [2.24, 2.45) is 0 Å². The Kier molecular flexibility index (Phi) is 3.80. The first-order valence-corrected chi connectivity index (χ1v) is 8.25. The molecule has 25 heavy (non-hydrogen) atoms. The maximum absolute atomic E-state index is 13.6. The highest BCUT2D eigenvalue weighted by atomic mass is 19.1. The number of aromatic nitrogens is 5. The smallest absolute Gasteiger partial charge is 0.160 e. The van der Waals surface area contributed by atoms with Gasteiger partial charge in [0, 0.05) is 24.5 Å². The number of hydrogen-bond donors (Lipinski definition) is 0. The maximum atomic E-state index is 13.6. The second-order valence-electron chi connectivity index (χ2n) is 5.96. The molecule has 6 heteroatoms. The molecular formula is C19H18FN5. The van der Waals surface area contributed by atoms with Crippen molar-refractivity contribution < 1.29 is 4.39 Å². The van der Waals surface area contributed by atoms with E-state index in [1.807, 2.05) is 35.9 Å². The average Bonchev–Trinajstić information content (AvgIpc) is 3.14. The Hall–Kier alpha value is -3.02. The van der Waals surface area contributed by atoms with Crippen LogP contribution in [0.15, 0.2) is 48.8 Å². The fourth-order valence-electron chi connectivity index (χ4n) is 3.14. The summed E-state index contributed by atoms with van der Waals surface area (Å²) in [5.41, 5.74) is 3.40. The maximum Gasteiger partial charge on any atom is 0.160 e. The van der Waals surface area contributed by atoms with Crippen molar-refractivity contribution in [3.05, 3.63) is 66.1 Å². The van der Waals surface area contributed by atoms with Crippen LogP contribution in [0.4, 0.5) is 4.39 Å². The quantitative estimate of drug-likeness (QED) is 0.570. The van der Waals surface area contributed by atoms with Gasteiger partial charge in [0.15, 0.2) is 5.65 Å². The number of halogens is 1. The van der Waals surface area contributed by atoms with Crippen molar-refractivity contribution in [2.75, 3.05) is 0 Å². The van der Waals surface area contributed by atoms with Crippen LogP contribution in [0.1, 0.15) is 18.4 Å². The first-order chi connectivity index (χ1) is 12.2. The molecule has 0 bridgehead atoms. The molecule has 0 aliphatic heterocycles. The summed E-state index contributed by atoms with van der Waals surface area (Å²) in [6.07, 6.45) is 3.74. The molecule has 3 heterocycles. The Labute approximate surface area is 144 Å². The molecule has 0 unspecified atom stereocenters. The summed E-state index contributed by atoms with van der Waals surface area (Å²) in [6.45, 7) is 5.35. The summed E-state index contributed by atoms with van der Waals surface area (Å²) < 4.78 is 17.7. The molecule has 0 radical (unpaired) electrons. The Morgan fingerprint density at radius 2 is 2.00 bits per heavy atom. The van der Waals surface area contributed by atoms with Gasteiger partial charge in [-0.05, 0) is 38.1 Å². The van der Waals surface area contributed by atoms with E-state index in [0.29, 0.717) is 6.54 Å². The van der Waals surface area contributed by atoms with E-state index in [1.54, 1.807) is 12.3 Å². The van der Waals surface area contributed by atoms with Gasteiger partial charge < -0.3 is 9.13 Å². The third kappa shape index (κ3) is 2.80. The van der Waals surface area contributed by atoms with Crippen LogP contribution in [-0.4, -0.2) is 24.1 Å². The van der Waals surface area contributed by atoms with Gasteiger partial charge in [-0.15, -0.1) is 0 Å². The summed E-state index contributed by atoms with van der Waals surface area (Å²) in [5.74, 6) is 1.38. The molecule has 0 atom stereocenters. The lowest BCUT2D eigenvalue weighted by Gasteiger charge is -2.09. The summed E-state index contributed by atoms with van der Waals surface area (Å²) >= 11 is 0. The molecule has 0 aliphatic rings. The zero-order valence-corrected chi connectivity index (χ0v) is 14.1. The SMILES string of the molecule is CCn1c(Cn2cc(C)nc2-c2cccc(F)c2)nc2cccnc21. The normalized spacial score (nSPS) is 11.3. The second kappa shape index (κ2) is 6.12. The predicted molar refractivity (Wildman–Crippen MR) is 94.7 cm³/mol. The van der Waals surface area contributed by atoms with Gasteiger partial charge >= 0.3 is 0 Å². The van der Waals surface area contributed by atoms with Crippen LogP contribution >= 0.6 is 0 Å². The number of aryl methyl sites for hydroxylation is 2. The molecule has 0 N–H and O–H groups in total. The third-order valence-corrected chi connectivity index (χ3v) is 4.19. The molecule has 5 nitrogen and oxygen atoms in total. The van der Waals surface area contributed by atoms with E-state index in [0.717, 1.165) is 40.6 Å². The van der Waals surface area contributed by atoms with E-state index in [2.05, 4.69) is 21.5 Å². The van der Waals surface area contributed by atoms with Gasteiger partial charge in [-0.1, -0.05) is 12.1 Å². The summed E-state index contributed by atoms with van der Waals surface area (Å²) in [4.78, 5) is 13.7. The number of pyridine rings is 1. The predicted octanol–water partition coefficient (Wildman–Crippen LogP) is 3.81. The van der Waals surface area contributed by atoms with Gasteiger partial charge in [-0.25, -0.2) is 19.3 Å². The van der Waals surface area contributed by atoms with Crippen LogP contribution in [0, 0.1) is 12.7 Å². The topological polar surface area (TPSA) is 48.5 Å². The zero-order chi connectivity index (χ0) is 17.4. The number of benzene rings is 1. The largest absolute Gasteiger partial charge is 0.323 e. The van der Waals surface area contributed by atoms with E-state index >= 15 is 0 Å². The van der Waals surface area contributed by atoms with Gasteiger partial charge in [0.05, 0.1) is 12.2 Å². The number of fused-ring (bicyclic) bond motifs is 1. The molecule has 0 amide bonds. The first kappa shape index (κ1) is 15.5. The lowest BCUT2D eigenvalue weighted by atomic mass is 10.2. The van der Waals surface area contributed by atoms with Gasteiger partial charge in [0.1, 0.15) is 23.0 Å². The minimum Gasteiger partial charge on any atom is -0.323 e. The molecule has 126 valence electrons. The van der Waals surface area contributed by atoms with Crippen LogP contribution in [0.2, 0.25) is 0 Å². The van der Waals surface area contributed by atoms with Gasteiger partial charge in [-0.2, -0.15) is 0 Å². The number of rotatable bonds is 4. The Bertz CT molecular complexity index is 1050. The van der Waals surface area contributed by atoms with Crippen molar-refractivity contribution >= 4 is 11.2 Å². The molecule has 0 saturated carbocycles. The highest BCUT2D eigenvalue weighted by Crippen LogP contribution is 2.22. The monoisotopic (exact) mass is 335 g/mol. The van der Waals surface area contributed by atoms with Gasteiger partial charge in [0.25, 0.3) is 0 Å². The van der Waals surface area contributed by atoms with Crippen molar-refractivity contribution in [1.29, 1.82) is 0 Å². The van der Waals surface area contributed by atoms with Crippen molar-refractivity contribution in [3.63, 3.8) is 0 Å². The zero-order valence-electron chi connectivity index (χ0n) is 14.1.